The fourth-order valence-corrected chi connectivity index (χ4v) is 5.96. The number of ether oxygens (including phenoxy) is 2. The van der Waals surface area contributed by atoms with Crippen molar-refractivity contribution in [2.24, 2.45) is 11.8 Å². The number of carbonyl (C=O) groups excluding carboxylic acids is 1. The SMILES string of the molecule is CCC(C)CC(CC(CC(C)C(=O)OC)(c1ccccc1)c1ccc(CCCOCCO)cc1)c1ccccc1. The summed E-state index contributed by atoms with van der Waals surface area (Å²) in [6.07, 6.45) is 5.63. The van der Waals surface area contributed by atoms with Crippen molar-refractivity contribution in [3.8, 4) is 0 Å². The average Bonchev–Trinajstić information content (AvgIpc) is 3.00. The zero-order valence-corrected chi connectivity index (χ0v) is 24.9. The van der Waals surface area contributed by atoms with Crippen LogP contribution in [0.1, 0.15) is 81.0 Å². The molecule has 0 amide bonds. The van der Waals surface area contributed by atoms with E-state index < -0.39 is 0 Å². The molecule has 0 bridgehead atoms. The number of rotatable bonds is 17. The van der Waals surface area contributed by atoms with Gasteiger partial charge in [0.25, 0.3) is 0 Å². The highest BCUT2D eigenvalue weighted by Gasteiger charge is 2.40. The van der Waals surface area contributed by atoms with Gasteiger partial charge in [-0.25, -0.2) is 0 Å². The Hall–Kier alpha value is -2.95. The van der Waals surface area contributed by atoms with Crippen LogP contribution in [0.5, 0.6) is 0 Å². The first kappa shape index (κ1) is 31.6. The van der Waals surface area contributed by atoms with E-state index in [1.165, 1.54) is 29.4 Å². The monoisotopic (exact) mass is 544 g/mol. The highest BCUT2D eigenvalue weighted by Crippen LogP contribution is 2.47. The molecule has 3 aromatic carbocycles. The molecule has 0 spiro atoms. The fourth-order valence-electron chi connectivity index (χ4n) is 5.96. The molecule has 4 heteroatoms. The van der Waals surface area contributed by atoms with Crippen LogP contribution < -0.4 is 0 Å². The zero-order valence-electron chi connectivity index (χ0n) is 24.9. The molecule has 0 heterocycles. The number of benzene rings is 3. The Morgan fingerprint density at radius 2 is 1.48 bits per heavy atom. The van der Waals surface area contributed by atoms with E-state index in [1.807, 2.05) is 6.92 Å². The number of aliphatic hydroxyl groups excluding tert-OH is 1. The summed E-state index contributed by atoms with van der Waals surface area (Å²) < 4.78 is 10.7. The van der Waals surface area contributed by atoms with Gasteiger partial charge in [-0.3, -0.25) is 4.79 Å². The highest BCUT2D eigenvalue weighted by atomic mass is 16.5. The smallest absolute Gasteiger partial charge is 0.308 e. The van der Waals surface area contributed by atoms with Gasteiger partial charge in [0.1, 0.15) is 0 Å². The quantitative estimate of drug-likeness (QED) is 0.140. The standard InChI is InChI=1S/C36H48O4/c1-5-28(2)25-32(31-14-8-6-9-15-31)27-36(26-29(3)35(38)39-4,33-16-10-7-11-17-33)34-20-18-30(19-21-34)13-12-23-40-24-22-37/h6-11,14-21,28-29,32,37H,5,12-13,22-27H2,1-4H3. The number of aliphatic hydroxyl groups is 1. The van der Waals surface area contributed by atoms with Crippen LogP contribution in [0.15, 0.2) is 84.9 Å². The molecular weight excluding hydrogens is 496 g/mol. The summed E-state index contributed by atoms with van der Waals surface area (Å²) >= 11 is 0. The molecule has 0 radical (unpaired) electrons. The largest absolute Gasteiger partial charge is 0.469 e. The Kier molecular flexibility index (Phi) is 12.9. The second-order valence-electron chi connectivity index (χ2n) is 11.3. The van der Waals surface area contributed by atoms with Gasteiger partial charge in [0.2, 0.25) is 0 Å². The average molecular weight is 545 g/mol. The third kappa shape index (κ3) is 8.78. The van der Waals surface area contributed by atoms with Gasteiger partial charge < -0.3 is 14.6 Å². The van der Waals surface area contributed by atoms with E-state index >= 15 is 0 Å². The molecule has 216 valence electrons. The molecule has 0 aliphatic carbocycles. The van der Waals surface area contributed by atoms with Crippen LogP contribution >= 0.6 is 0 Å². The maximum Gasteiger partial charge on any atom is 0.308 e. The Balaban J connectivity index is 2.08. The van der Waals surface area contributed by atoms with Gasteiger partial charge >= 0.3 is 5.97 Å². The maximum atomic E-state index is 12.8. The van der Waals surface area contributed by atoms with Crippen LogP contribution in [-0.4, -0.2) is 38.0 Å². The topological polar surface area (TPSA) is 55.8 Å². The summed E-state index contributed by atoms with van der Waals surface area (Å²) in [6, 6.07) is 30.6. The van der Waals surface area contributed by atoms with E-state index in [9.17, 15) is 4.79 Å². The van der Waals surface area contributed by atoms with Crippen LogP contribution in [0, 0.1) is 11.8 Å². The molecule has 0 aromatic heterocycles. The van der Waals surface area contributed by atoms with Gasteiger partial charge in [-0.2, -0.15) is 0 Å². The van der Waals surface area contributed by atoms with Crippen LogP contribution in [-0.2, 0) is 26.1 Å². The van der Waals surface area contributed by atoms with E-state index in [2.05, 4.69) is 98.8 Å². The van der Waals surface area contributed by atoms with Gasteiger partial charge in [0.05, 0.1) is 26.2 Å². The van der Waals surface area contributed by atoms with Gasteiger partial charge in [-0.15, -0.1) is 0 Å². The molecular formula is C36H48O4. The zero-order chi connectivity index (χ0) is 28.8. The van der Waals surface area contributed by atoms with Gasteiger partial charge in [-0.05, 0) is 66.2 Å². The third-order valence-corrected chi connectivity index (χ3v) is 8.33. The summed E-state index contributed by atoms with van der Waals surface area (Å²) in [5.74, 6) is 0.503. The van der Waals surface area contributed by atoms with E-state index in [-0.39, 0.29) is 23.9 Å². The molecule has 40 heavy (non-hydrogen) atoms. The van der Waals surface area contributed by atoms with Gasteiger partial charge in [-0.1, -0.05) is 112 Å². The molecule has 3 rings (SSSR count). The molecule has 0 aliphatic heterocycles. The summed E-state index contributed by atoms with van der Waals surface area (Å²) in [7, 11) is 1.48. The predicted octanol–water partition coefficient (Wildman–Crippen LogP) is 7.72. The fraction of sp³-hybridized carbons (Fsp3) is 0.472. The Bertz CT molecular complexity index is 1110. The molecule has 0 aliphatic rings. The van der Waals surface area contributed by atoms with Crippen LogP contribution in [0.25, 0.3) is 0 Å². The van der Waals surface area contributed by atoms with Crippen molar-refractivity contribution in [1.82, 2.24) is 0 Å². The number of methoxy groups -OCH3 is 1. The van der Waals surface area contributed by atoms with Crippen LogP contribution in [0.2, 0.25) is 0 Å². The lowest BCUT2D eigenvalue weighted by Crippen LogP contribution is -2.35. The van der Waals surface area contributed by atoms with Gasteiger partial charge in [0.15, 0.2) is 0 Å². The summed E-state index contributed by atoms with van der Waals surface area (Å²) in [6.45, 7) is 7.69. The Morgan fingerprint density at radius 1 is 0.850 bits per heavy atom. The first-order valence-electron chi connectivity index (χ1n) is 14.9. The summed E-state index contributed by atoms with van der Waals surface area (Å²) in [4.78, 5) is 12.8. The number of hydrogen-bond donors (Lipinski definition) is 1. The van der Waals surface area contributed by atoms with Crippen LogP contribution in [0.3, 0.4) is 0 Å². The minimum Gasteiger partial charge on any atom is -0.469 e. The summed E-state index contributed by atoms with van der Waals surface area (Å²) in [5.41, 5.74) is 4.72. The number of hydrogen-bond acceptors (Lipinski definition) is 4. The third-order valence-electron chi connectivity index (χ3n) is 8.33. The van der Waals surface area contributed by atoms with E-state index in [1.54, 1.807) is 0 Å². The minimum absolute atomic E-state index is 0.0568. The second-order valence-corrected chi connectivity index (χ2v) is 11.3. The van der Waals surface area contributed by atoms with Crippen molar-refractivity contribution in [3.63, 3.8) is 0 Å². The number of aryl methyl sites for hydroxylation is 1. The molecule has 3 aromatic rings. The first-order chi connectivity index (χ1) is 19.4. The van der Waals surface area contributed by atoms with E-state index in [0.29, 0.717) is 31.5 Å². The number of carbonyl (C=O) groups is 1. The molecule has 0 saturated heterocycles. The van der Waals surface area contributed by atoms with Crippen molar-refractivity contribution in [1.29, 1.82) is 0 Å². The predicted molar refractivity (Wildman–Crippen MR) is 164 cm³/mol. The molecule has 1 N–H and O–H groups in total. The molecule has 4 nitrogen and oxygen atoms in total. The Labute approximate surface area is 241 Å². The normalized spacial score (nSPS) is 15.1. The van der Waals surface area contributed by atoms with Crippen molar-refractivity contribution in [3.05, 3.63) is 107 Å². The lowest BCUT2D eigenvalue weighted by atomic mass is 9.63. The highest BCUT2D eigenvalue weighted by molar-refractivity contribution is 5.72. The lowest BCUT2D eigenvalue weighted by molar-refractivity contribution is -0.145. The first-order valence-corrected chi connectivity index (χ1v) is 14.9. The Morgan fingerprint density at radius 3 is 2.08 bits per heavy atom. The van der Waals surface area contributed by atoms with Crippen molar-refractivity contribution in [2.75, 3.05) is 26.9 Å². The van der Waals surface area contributed by atoms with Crippen molar-refractivity contribution >= 4 is 5.97 Å². The molecule has 0 saturated carbocycles. The van der Waals surface area contributed by atoms with Gasteiger partial charge in [0, 0.05) is 12.0 Å². The lowest BCUT2D eigenvalue weighted by Gasteiger charge is -2.40. The van der Waals surface area contributed by atoms with E-state index in [4.69, 9.17) is 14.6 Å². The molecule has 4 unspecified atom stereocenters. The molecule has 4 atom stereocenters. The van der Waals surface area contributed by atoms with Crippen molar-refractivity contribution in [2.45, 2.75) is 70.6 Å². The minimum atomic E-state index is -0.369. The molecule has 0 fully saturated rings. The number of esters is 1. The second kappa shape index (κ2) is 16.3. The maximum absolute atomic E-state index is 12.8. The van der Waals surface area contributed by atoms with Crippen LogP contribution in [0.4, 0.5) is 0 Å². The van der Waals surface area contributed by atoms with E-state index in [0.717, 1.165) is 32.1 Å². The summed E-state index contributed by atoms with van der Waals surface area (Å²) in [5, 5.41) is 8.94. The van der Waals surface area contributed by atoms with Crippen molar-refractivity contribution < 1.29 is 19.4 Å².